The number of hydrogen-bond donors (Lipinski definition) is 1. The summed E-state index contributed by atoms with van der Waals surface area (Å²) in [7, 11) is -0.556. The molecule has 0 atom stereocenters. The first-order chi connectivity index (χ1) is 14.0. The van der Waals surface area contributed by atoms with Gasteiger partial charge in [-0.1, -0.05) is 30.3 Å². The smallest absolute Gasteiger partial charge is 0.287 e. The van der Waals surface area contributed by atoms with Crippen molar-refractivity contribution >= 4 is 15.7 Å². The predicted octanol–water partition coefficient (Wildman–Crippen LogP) is 3.20. The van der Waals surface area contributed by atoms with Crippen LogP contribution in [0.3, 0.4) is 0 Å². The van der Waals surface area contributed by atoms with Gasteiger partial charge in [0, 0.05) is 17.7 Å². The average Bonchev–Trinajstić information content (AvgIpc) is 3.19. The molecule has 0 aliphatic carbocycles. The second-order valence-electron chi connectivity index (χ2n) is 6.18. The summed E-state index contributed by atoms with van der Waals surface area (Å²) in [6.45, 7) is 0.158. The first-order valence-electron chi connectivity index (χ1n) is 8.78. The summed E-state index contributed by atoms with van der Waals surface area (Å²) in [4.78, 5) is 12.8. The molecule has 3 rings (SSSR count). The summed E-state index contributed by atoms with van der Waals surface area (Å²) in [5, 5.41) is 2.73. The number of benzene rings is 2. The van der Waals surface area contributed by atoms with Gasteiger partial charge in [-0.3, -0.25) is 4.79 Å². The van der Waals surface area contributed by atoms with E-state index in [1.807, 2.05) is 0 Å². The van der Waals surface area contributed by atoms with Crippen LogP contribution >= 0.6 is 0 Å². The van der Waals surface area contributed by atoms with Crippen LogP contribution < -0.4 is 14.8 Å². The quantitative estimate of drug-likeness (QED) is 0.607. The van der Waals surface area contributed by atoms with E-state index in [1.165, 1.54) is 38.7 Å². The van der Waals surface area contributed by atoms with E-state index in [0.717, 1.165) is 0 Å². The van der Waals surface area contributed by atoms with Crippen LogP contribution in [0.15, 0.2) is 70.2 Å². The molecule has 2 aromatic carbocycles. The number of rotatable bonds is 8. The molecule has 0 saturated carbocycles. The number of methoxy groups -OCH3 is 2. The summed E-state index contributed by atoms with van der Waals surface area (Å²) in [6, 6.07) is 14.9. The molecule has 0 aliphatic heterocycles. The van der Waals surface area contributed by atoms with Crippen LogP contribution in [-0.4, -0.2) is 28.5 Å². The first kappa shape index (κ1) is 20.5. The van der Waals surface area contributed by atoms with Gasteiger partial charge in [0.05, 0.1) is 31.1 Å². The Bertz CT molecular complexity index is 1090. The van der Waals surface area contributed by atoms with Crippen LogP contribution in [0.4, 0.5) is 0 Å². The summed E-state index contributed by atoms with van der Waals surface area (Å²) in [6.07, 6.45) is 1.30. The maximum absolute atomic E-state index is 12.6. The number of carbonyl (C=O) groups is 1. The van der Waals surface area contributed by atoms with Crippen molar-refractivity contribution in [2.75, 3.05) is 14.2 Å². The molecule has 29 heavy (non-hydrogen) atoms. The van der Waals surface area contributed by atoms with Gasteiger partial charge in [0.15, 0.2) is 27.1 Å². The predicted molar refractivity (Wildman–Crippen MR) is 107 cm³/mol. The normalized spacial score (nSPS) is 11.1. The number of nitrogens with one attached hydrogen (secondary N) is 1. The molecule has 8 heteroatoms. The van der Waals surface area contributed by atoms with Crippen LogP contribution in [-0.2, 0) is 22.1 Å². The molecule has 1 amide bonds. The lowest BCUT2D eigenvalue weighted by atomic mass is 10.1. The Labute approximate surface area is 169 Å². The van der Waals surface area contributed by atoms with Crippen molar-refractivity contribution in [2.24, 2.45) is 0 Å². The highest BCUT2D eigenvalue weighted by molar-refractivity contribution is 7.90. The van der Waals surface area contributed by atoms with Gasteiger partial charge in [-0.2, -0.15) is 0 Å². The van der Waals surface area contributed by atoms with Gasteiger partial charge < -0.3 is 19.2 Å². The Hall–Kier alpha value is -3.26. The molecular weight excluding hydrogens is 394 g/mol. The van der Waals surface area contributed by atoms with E-state index in [2.05, 4.69) is 5.32 Å². The minimum absolute atomic E-state index is 0.0358. The van der Waals surface area contributed by atoms with Crippen molar-refractivity contribution in [3.8, 4) is 11.5 Å². The van der Waals surface area contributed by atoms with Gasteiger partial charge in [0.1, 0.15) is 0 Å². The highest BCUT2D eigenvalue weighted by Gasteiger charge is 2.22. The fraction of sp³-hybridized carbons (Fsp3) is 0.190. The molecule has 3 aromatic rings. The largest absolute Gasteiger partial charge is 0.493 e. The van der Waals surface area contributed by atoms with E-state index in [4.69, 9.17) is 13.9 Å². The third-order valence-electron chi connectivity index (χ3n) is 4.32. The van der Waals surface area contributed by atoms with Gasteiger partial charge in [0.2, 0.25) is 0 Å². The third-order valence-corrected chi connectivity index (χ3v) is 6.01. The third kappa shape index (κ3) is 4.60. The van der Waals surface area contributed by atoms with Gasteiger partial charge >= 0.3 is 0 Å². The molecule has 152 valence electrons. The monoisotopic (exact) mass is 415 g/mol. The Morgan fingerprint density at radius 2 is 1.72 bits per heavy atom. The highest BCUT2D eigenvalue weighted by Crippen LogP contribution is 2.30. The molecule has 1 heterocycles. The molecule has 0 aliphatic rings. The number of amides is 1. The molecule has 0 spiro atoms. The van der Waals surface area contributed by atoms with Gasteiger partial charge in [0.25, 0.3) is 5.91 Å². The maximum Gasteiger partial charge on any atom is 0.287 e. The van der Waals surface area contributed by atoms with Crippen LogP contribution in [0.25, 0.3) is 0 Å². The standard InChI is InChI=1S/C21H21NO6S/c1-26-18-10-6-7-15(19(18)27-2)13-22-21(23)20-16(11-12-28-20)14-29(24,25)17-8-4-3-5-9-17/h3-12H,13-14H2,1-2H3,(H,22,23). The van der Waals surface area contributed by atoms with E-state index in [0.29, 0.717) is 22.6 Å². The number of sulfone groups is 1. The SMILES string of the molecule is COc1cccc(CNC(=O)c2occc2CS(=O)(=O)c2ccccc2)c1OC. The summed E-state index contributed by atoms with van der Waals surface area (Å²) < 4.78 is 41.1. The molecule has 0 fully saturated rings. The maximum atomic E-state index is 12.6. The fourth-order valence-electron chi connectivity index (χ4n) is 2.91. The van der Waals surface area contributed by atoms with Crippen molar-refractivity contribution in [2.45, 2.75) is 17.2 Å². The highest BCUT2D eigenvalue weighted by atomic mass is 32.2. The van der Waals surface area contributed by atoms with E-state index >= 15 is 0 Å². The number of para-hydroxylation sites is 1. The second-order valence-corrected chi connectivity index (χ2v) is 8.17. The zero-order chi connectivity index (χ0) is 20.9. The van der Waals surface area contributed by atoms with Gasteiger partial charge in [-0.05, 0) is 24.3 Å². The molecular formula is C21H21NO6S. The minimum atomic E-state index is -3.60. The summed E-state index contributed by atoms with van der Waals surface area (Å²) in [5.74, 6) is 0.177. The second kappa shape index (κ2) is 8.83. The van der Waals surface area contributed by atoms with Crippen molar-refractivity contribution < 1.29 is 27.1 Å². The zero-order valence-corrected chi connectivity index (χ0v) is 16.9. The van der Waals surface area contributed by atoms with Crippen LogP contribution in [0.2, 0.25) is 0 Å². The van der Waals surface area contributed by atoms with Crippen molar-refractivity contribution in [3.63, 3.8) is 0 Å². The van der Waals surface area contributed by atoms with Crippen molar-refractivity contribution in [1.29, 1.82) is 0 Å². The van der Waals surface area contributed by atoms with Crippen molar-refractivity contribution in [1.82, 2.24) is 5.32 Å². The van der Waals surface area contributed by atoms with Crippen LogP contribution in [0.1, 0.15) is 21.7 Å². The van der Waals surface area contributed by atoms with Gasteiger partial charge in [-0.25, -0.2) is 8.42 Å². The van der Waals surface area contributed by atoms with Crippen molar-refractivity contribution in [3.05, 3.63) is 77.7 Å². The molecule has 0 radical (unpaired) electrons. The molecule has 0 unspecified atom stereocenters. The Morgan fingerprint density at radius 1 is 0.966 bits per heavy atom. The average molecular weight is 415 g/mol. The lowest BCUT2D eigenvalue weighted by Crippen LogP contribution is -2.24. The summed E-state index contributed by atoms with van der Waals surface area (Å²) in [5.41, 5.74) is 1.01. The number of furan rings is 1. The first-order valence-corrected chi connectivity index (χ1v) is 10.4. The molecule has 0 saturated heterocycles. The van der Waals surface area contributed by atoms with Crippen LogP contribution in [0, 0.1) is 0 Å². The molecule has 1 N–H and O–H groups in total. The van der Waals surface area contributed by atoms with E-state index in [-0.39, 0.29) is 23.0 Å². The molecule has 7 nitrogen and oxygen atoms in total. The minimum Gasteiger partial charge on any atom is -0.493 e. The zero-order valence-electron chi connectivity index (χ0n) is 16.0. The molecule has 1 aromatic heterocycles. The lowest BCUT2D eigenvalue weighted by molar-refractivity contribution is 0.0922. The van der Waals surface area contributed by atoms with E-state index in [1.54, 1.807) is 36.4 Å². The van der Waals surface area contributed by atoms with E-state index in [9.17, 15) is 13.2 Å². The number of ether oxygens (including phenoxy) is 2. The summed E-state index contributed by atoms with van der Waals surface area (Å²) >= 11 is 0. The number of hydrogen-bond acceptors (Lipinski definition) is 6. The topological polar surface area (TPSA) is 94.8 Å². The van der Waals surface area contributed by atoms with Crippen LogP contribution in [0.5, 0.6) is 11.5 Å². The van der Waals surface area contributed by atoms with E-state index < -0.39 is 15.7 Å². The Kier molecular flexibility index (Phi) is 6.23. The van der Waals surface area contributed by atoms with Gasteiger partial charge in [-0.15, -0.1) is 0 Å². The molecule has 0 bridgehead atoms. The number of carbonyl (C=O) groups excluding carboxylic acids is 1. The fourth-order valence-corrected chi connectivity index (χ4v) is 4.29. The lowest BCUT2D eigenvalue weighted by Gasteiger charge is -2.13. The Morgan fingerprint density at radius 3 is 2.41 bits per heavy atom. The Balaban J connectivity index is 1.75.